The van der Waals surface area contributed by atoms with Crippen molar-refractivity contribution in [3.05, 3.63) is 0 Å². The van der Waals surface area contributed by atoms with Crippen LogP contribution in [0, 0.1) is 11.8 Å². The predicted octanol–water partition coefficient (Wildman–Crippen LogP) is 2.60. The number of nitrogens with one attached hydrogen (secondary N) is 1. The molecule has 0 aliphatic carbocycles. The van der Waals surface area contributed by atoms with Gasteiger partial charge in [0.05, 0.1) is 6.10 Å². The first-order valence-corrected chi connectivity index (χ1v) is 6.34. The standard InChI is InChI=1S/C13H27NO2/c1-6-14-13(15)9-16-12(7-10(2)3)8-11(4)5/h10-12H,6-9H2,1-5H3,(H,14,15). The van der Waals surface area contributed by atoms with Gasteiger partial charge in [0.2, 0.25) is 5.91 Å². The molecule has 16 heavy (non-hydrogen) atoms. The number of amides is 1. The molecule has 0 atom stereocenters. The van der Waals surface area contributed by atoms with Crippen molar-refractivity contribution in [3.63, 3.8) is 0 Å². The monoisotopic (exact) mass is 229 g/mol. The van der Waals surface area contributed by atoms with E-state index in [2.05, 4.69) is 33.0 Å². The average Bonchev–Trinajstić information content (AvgIpc) is 2.13. The maximum absolute atomic E-state index is 11.3. The molecule has 1 amide bonds. The maximum atomic E-state index is 11.3. The highest BCUT2D eigenvalue weighted by Gasteiger charge is 2.14. The first kappa shape index (κ1) is 15.4. The van der Waals surface area contributed by atoms with Crippen LogP contribution in [0.25, 0.3) is 0 Å². The Morgan fingerprint density at radius 2 is 1.62 bits per heavy atom. The van der Waals surface area contributed by atoms with E-state index in [1.807, 2.05) is 6.92 Å². The van der Waals surface area contributed by atoms with E-state index >= 15 is 0 Å². The summed E-state index contributed by atoms with van der Waals surface area (Å²) in [5.74, 6) is 1.20. The molecule has 0 radical (unpaired) electrons. The van der Waals surface area contributed by atoms with Crippen LogP contribution < -0.4 is 5.32 Å². The van der Waals surface area contributed by atoms with Crippen molar-refractivity contribution in [1.82, 2.24) is 5.32 Å². The van der Waals surface area contributed by atoms with Gasteiger partial charge in [-0.15, -0.1) is 0 Å². The summed E-state index contributed by atoms with van der Waals surface area (Å²) in [6.07, 6.45) is 2.26. The highest BCUT2D eigenvalue weighted by atomic mass is 16.5. The fourth-order valence-corrected chi connectivity index (χ4v) is 1.73. The fourth-order valence-electron chi connectivity index (χ4n) is 1.73. The Morgan fingerprint density at radius 3 is 2.00 bits per heavy atom. The van der Waals surface area contributed by atoms with Gasteiger partial charge in [0, 0.05) is 6.54 Å². The van der Waals surface area contributed by atoms with Gasteiger partial charge in [-0.25, -0.2) is 0 Å². The lowest BCUT2D eigenvalue weighted by molar-refractivity contribution is -0.128. The van der Waals surface area contributed by atoms with Crippen molar-refractivity contribution < 1.29 is 9.53 Å². The van der Waals surface area contributed by atoms with Gasteiger partial charge in [-0.2, -0.15) is 0 Å². The highest BCUT2D eigenvalue weighted by Crippen LogP contribution is 2.16. The lowest BCUT2D eigenvalue weighted by atomic mass is 9.98. The summed E-state index contributed by atoms with van der Waals surface area (Å²) in [5.41, 5.74) is 0. The third-order valence-electron chi connectivity index (χ3n) is 2.29. The summed E-state index contributed by atoms with van der Waals surface area (Å²) in [4.78, 5) is 11.3. The molecule has 3 nitrogen and oxygen atoms in total. The maximum Gasteiger partial charge on any atom is 0.246 e. The molecule has 0 rings (SSSR count). The minimum absolute atomic E-state index is 0.0139. The molecule has 0 unspecified atom stereocenters. The Hall–Kier alpha value is -0.570. The summed E-state index contributed by atoms with van der Waals surface area (Å²) in [7, 11) is 0. The Balaban J connectivity index is 3.95. The molecule has 3 heteroatoms. The molecule has 0 bridgehead atoms. The van der Waals surface area contributed by atoms with E-state index in [9.17, 15) is 4.79 Å². The molecule has 0 aromatic carbocycles. The second kappa shape index (κ2) is 8.57. The molecule has 1 N–H and O–H groups in total. The summed E-state index contributed by atoms with van der Waals surface area (Å²) < 4.78 is 5.67. The highest BCUT2D eigenvalue weighted by molar-refractivity contribution is 5.77. The minimum atomic E-state index is -0.0139. The Labute approximate surface area is 99.9 Å². The average molecular weight is 229 g/mol. The molecule has 0 saturated carbocycles. The summed E-state index contributed by atoms with van der Waals surface area (Å²) >= 11 is 0. The third-order valence-corrected chi connectivity index (χ3v) is 2.29. The number of likely N-dealkylation sites (N-methyl/N-ethyl adjacent to an activating group) is 1. The summed E-state index contributed by atoms with van der Waals surface area (Å²) in [6, 6.07) is 0. The van der Waals surface area contributed by atoms with Gasteiger partial charge in [0.1, 0.15) is 6.61 Å². The number of hydrogen-bond donors (Lipinski definition) is 1. The molecule has 0 aliphatic rings. The van der Waals surface area contributed by atoms with E-state index in [1.165, 1.54) is 0 Å². The fraction of sp³-hybridized carbons (Fsp3) is 0.923. The third kappa shape index (κ3) is 8.72. The number of rotatable bonds is 8. The zero-order valence-electron chi connectivity index (χ0n) is 11.4. The van der Waals surface area contributed by atoms with Crippen LogP contribution in [0.3, 0.4) is 0 Å². The van der Waals surface area contributed by atoms with E-state index in [0.717, 1.165) is 12.8 Å². The van der Waals surface area contributed by atoms with Crippen LogP contribution in [0.5, 0.6) is 0 Å². The zero-order valence-corrected chi connectivity index (χ0v) is 11.4. The van der Waals surface area contributed by atoms with Gasteiger partial charge in [-0.3, -0.25) is 4.79 Å². The van der Waals surface area contributed by atoms with Crippen LogP contribution in [0.1, 0.15) is 47.5 Å². The lowest BCUT2D eigenvalue weighted by Gasteiger charge is -2.21. The molecule has 0 aliphatic heterocycles. The second-order valence-corrected chi connectivity index (χ2v) is 5.15. The van der Waals surface area contributed by atoms with Crippen molar-refractivity contribution >= 4 is 5.91 Å². The van der Waals surface area contributed by atoms with Gasteiger partial charge in [0.15, 0.2) is 0 Å². The Kier molecular flexibility index (Phi) is 8.26. The van der Waals surface area contributed by atoms with E-state index < -0.39 is 0 Å². The second-order valence-electron chi connectivity index (χ2n) is 5.15. The van der Waals surface area contributed by atoms with Crippen molar-refractivity contribution in [3.8, 4) is 0 Å². The largest absolute Gasteiger partial charge is 0.368 e. The predicted molar refractivity (Wildman–Crippen MR) is 67.3 cm³/mol. The van der Waals surface area contributed by atoms with Crippen molar-refractivity contribution in [2.24, 2.45) is 11.8 Å². The van der Waals surface area contributed by atoms with Crippen LogP contribution in [0.15, 0.2) is 0 Å². The van der Waals surface area contributed by atoms with Gasteiger partial charge in [0.25, 0.3) is 0 Å². The van der Waals surface area contributed by atoms with E-state index in [1.54, 1.807) is 0 Å². The number of carbonyl (C=O) groups excluding carboxylic acids is 1. The topological polar surface area (TPSA) is 38.3 Å². The molecule has 0 aromatic rings. The van der Waals surface area contributed by atoms with Crippen molar-refractivity contribution in [2.45, 2.75) is 53.6 Å². The van der Waals surface area contributed by atoms with E-state index in [-0.39, 0.29) is 18.6 Å². The van der Waals surface area contributed by atoms with Crippen molar-refractivity contribution in [1.29, 1.82) is 0 Å². The van der Waals surface area contributed by atoms with Gasteiger partial charge < -0.3 is 10.1 Å². The first-order valence-electron chi connectivity index (χ1n) is 6.34. The molecule has 96 valence electrons. The Bertz CT molecular complexity index is 180. The lowest BCUT2D eigenvalue weighted by Crippen LogP contribution is -2.30. The van der Waals surface area contributed by atoms with Gasteiger partial charge in [-0.1, -0.05) is 27.7 Å². The van der Waals surface area contributed by atoms with Crippen LogP contribution in [0.2, 0.25) is 0 Å². The first-order chi connectivity index (χ1) is 7.45. The molecule has 0 heterocycles. The van der Waals surface area contributed by atoms with Crippen molar-refractivity contribution in [2.75, 3.05) is 13.2 Å². The van der Waals surface area contributed by atoms with Gasteiger partial charge >= 0.3 is 0 Å². The molecular weight excluding hydrogens is 202 g/mol. The van der Waals surface area contributed by atoms with E-state index in [0.29, 0.717) is 18.4 Å². The molecule has 0 spiro atoms. The zero-order chi connectivity index (χ0) is 12.6. The summed E-state index contributed by atoms with van der Waals surface area (Å²) in [6.45, 7) is 11.5. The minimum Gasteiger partial charge on any atom is -0.368 e. The SMILES string of the molecule is CCNC(=O)COC(CC(C)C)CC(C)C. The molecule has 0 saturated heterocycles. The van der Waals surface area contributed by atoms with Crippen LogP contribution in [-0.2, 0) is 9.53 Å². The number of carbonyl (C=O) groups is 1. The molecular formula is C13H27NO2. The smallest absolute Gasteiger partial charge is 0.246 e. The van der Waals surface area contributed by atoms with E-state index in [4.69, 9.17) is 4.74 Å². The molecule has 0 fully saturated rings. The van der Waals surface area contributed by atoms with Gasteiger partial charge in [-0.05, 0) is 31.6 Å². The quantitative estimate of drug-likeness (QED) is 0.695. The number of ether oxygens (including phenoxy) is 1. The van der Waals surface area contributed by atoms with Crippen LogP contribution in [0.4, 0.5) is 0 Å². The van der Waals surface area contributed by atoms with Crippen LogP contribution in [-0.4, -0.2) is 25.2 Å². The number of hydrogen-bond acceptors (Lipinski definition) is 2. The van der Waals surface area contributed by atoms with Crippen LogP contribution >= 0.6 is 0 Å². The summed E-state index contributed by atoms with van der Waals surface area (Å²) in [5, 5.41) is 2.74. The normalized spacial score (nSPS) is 11.5. The molecule has 0 aromatic heterocycles. The Morgan fingerprint density at radius 1 is 1.12 bits per heavy atom.